The van der Waals surface area contributed by atoms with Crippen LogP contribution in [-0.4, -0.2) is 29.0 Å². The first-order valence-electron chi connectivity index (χ1n) is 7.14. The summed E-state index contributed by atoms with van der Waals surface area (Å²) in [5, 5.41) is 0. The van der Waals surface area contributed by atoms with Crippen molar-refractivity contribution in [2.24, 2.45) is 0 Å². The number of Topliss-reactive ketones (excluding diaryl/α,β-unsaturated/α-hetero) is 1. The molecular formula is C15H27NO3. The number of rotatable bonds is 6. The monoisotopic (exact) mass is 269 g/mol. The third-order valence-electron chi connectivity index (χ3n) is 2.31. The van der Waals surface area contributed by atoms with Crippen molar-refractivity contribution in [1.29, 1.82) is 0 Å². The van der Waals surface area contributed by atoms with Gasteiger partial charge in [-0.3, -0.25) is 14.5 Å². The van der Waals surface area contributed by atoms with Crippen molar-refractivity contribution < 1.29 is 14.4 Å². The van der Waals surface area contributed by atoms with E-state index in [1.54, 1.807) is 6.92 Å². The summed E-state index contributed by atoms with van der Waals surface area (Å²) in [6.07, 6.45) is 5.64. The van der Waals surface area contributed by atoms with Crippen molar-refractivity contribution in [1.82, 2.24) is 4.90 Å². The van der Waals surface area contributed by atoms with E-state index in [2.05, 4.69) is 0 Å². The van der Waals surface area contributed by atoms with Crippen LogP contribution in [0.15, 0.2) is 12.2 Å². The Bertz CT molecular complexity index is 291. The fourth-order valence-electron chi connectivity index (χ4n) is 1.47. The van der Waals surface area contributed by atoms with Gasteiger partial charge in [-0.15, -0.1) is 0 Å². The van der Waals surface area contributed by atoms with E-state index in [1.807, 2.05) is 27.7 Å². The Kier molecular flexibility index (Phi) is 13.6. The Labute approximate surface area is 116 Å². The number of ketones is 1. The van der Waals surface area contributed by atoms with Gasteiger partial charge in [0.2, 0.25) is 0 Å². The SMILES string of the molecule is CC.CC.CC(=O)CCCCCN1C(=O)C=CC1=O. The molecule has 0 bridgehead atoms. The Morgan fingerprint density at radius 3 is 1.84 bits per heavy atom. The van der Waals surface area contributed by atoms with Crippen LogP contribution in [-0.2, 0) is 14.4 Å². The Hall–Kier alpha value is -1.45. The lowest BCUT2D eigenvalue weighted by molar-refractivity contribution is -0.136. The maximum Gasteiger partial charge on any atom is 0.253 e. The second-order valence-electron chi connectivity index (χ2n) is 3.67. The van der Waals surface area contributed by atoms with Gasteiger partial charge in [0.15, 0.2) is 0 Å². The highest BCUT2D eigenvalue weighted by Gasteiger charge is 2.21. The van der Waals surface area contributed by atoms with Gasteiger partial charge in [-0.05, 0) is 19.8 Å². The molecule has 0 aromatic carbocycles. The number of carbonyl (C=O) groups excluding carboxylic acids is 3. The number of hydrogen-bond acceptors (Lipinski definition) is 3. The van der Waals surface area contributed by atoms with Gasteiger partial charge >= 0.3 is 0 Å². The second kappa shape index (κ2) is 13.0. The van der Waals surface area contributed by atoms with E-state index in [1.165, 1.54) is 17.1 Å². The molecule has 19 heavy (non-hydrogen) atoms. The molecule has 1 aliphatic rings. The maximum atomic E-state index is 11.1. The number of nitrogens with zero attached hydrogens (tertiary/aromatic N) is 1. The van der Waals surface area contributed by atoms with Gasteiger partial charge in [0.1, 0.15) is 5.78 Å². The normalized spacial score (nSPS) is 12.6. The number of unbranched alkanes of at least 4 members (excludes halogenated alkanes) is 2. The number of imide groups is 1. The first-order valence-corrected chi connectivity index (χ1v) is 7.14. The molecule has 0 unspecified atom stereocenters. The zero-order valence-corrected chi connectivity index (χ0v) is 12.9. The second-order valence-corrected chi connectivity index (χ2v) is 3.67. The lowest BCUT2D eigenvalue weighted by Gasteiger charge is -2.12. The molecule has 0 aliphatic carbocycles. The van der Waals surface area contributed by atoms with Gasteiger partial charge in [0, 0.05) is 25.1 Å². The predicted octanol–water partition coefficient (Wildman–Crippen LogP) is 3.11. The topological polar surface area (TPSA) is 54.5 Å². The first-order chi connectivity index (χ1) is 9.11. The van der Waals surface area contributed by atoms with Gasteiger partial charge in [0.25, 0.3) is 11.8 Å². The van der Waals surface area contributed by atoms with Crippen LogP contribution >= 0.6 is 0 Å². The minimum Gasteiger partial charge on any atom is -0.300 e. The third kappa shape index (κ3) is 9.17. The minimum absolute atomic E-state index is 0.185. The smallest absolute Gasteiger partial charge is 0.253 e. The van der Waals surface area contributed by atoms with Crippen LogP contribution in [0.3, 0.4) is 0 Å². The van der Waals surface area contributed by atoms with E-state index < -0.39 is 0 Å². The van der Waals surface area contributed by atoms with Crippen molar-refractivity contribution in [3.63, 3.8) is 0 Å². The first kappa shape index (κ1) is 19.9. The average Bonchev–Trinajstić information content (AvgIpc) is 2.74. The molecule has 4 nitrogen and oxygen atoms in total. The predicted molar refractivity (Wildman–Crippen MR) is 77.7 cm³/mol. The molecule has 1 aliphatic heterocycles. The molecule has 0 aromatic rings. The molecule has 2 amide bonds. The molecule has 0 saturated carbocycles. The minimum atomic E-state index is -0.230. The summed E-state index contributed by atoms with van der Waals surface area (Å²) >= 11 is 0. The number of hydrogen-bond donors (Lipinski definition) is 0. The Morgan fingerprint density at radius 2 is 1.42 bits per heavy atom. The van der Waals surface area contributed by atoms with Crippen LogP contribution in [0, 0.1) is 0 Å². The molecule has 1 rings (SSSR count). The third-order valence-corrected chi connectivity index (χ3v) is 2.31. The van der Waals surface area contributed by atoms with Gasteiger partial charge < -0.3 is 4.79 Å². The van der Waals surface area contributed by atoms with Crippen LogP contribution < -0.4 is 0 Å². The summed E-state index contributed by atoms with van der Waals surface area (Å²) in [4.78, 5) is 34.1. The molecule has 4 heteroatoms. The summed E-state index contributed by atoms with van der Waals surface area (Å²) in [5.74, 6) is -0.275. The quantitative estimate of drug-likeness (QED) is 0.550. The molecule has 0 fully saturated rings. The summed E-state index contributed by atoms with van der Waals surface area (Å²) in [6.45, 7) is 10.0. The summed E-state index contributed by atoms with van der Waals surface area (Å²) in [7, 11) is 0. The van der Waals surface area contributed by atoms with Crippen molar-refractivity contribution in [3.8, 4) is 0 Å². The largest absolute Gasteiger partial charge is 0.300 e. The van der Waals surface area contributed by atoms with E-state index >= 15 is 0 Å². The highest BCUT2D eigenvalue weighted by atomic mass is 16.2. The van der Waals surface area contributed by atoms with Gasteiger partial charge in [0.05, 0.1) is 0 Å². The van der Waals surface area contributed by atoms with Crippen molar-refractivity contribution in [3.05, 3.63) is 12.2 Å². The van der Waals surface area contributed by atoms with E-state index in [0.717, 1.165) is 19.3 Å². The highest BCUT2D eigenvalue weighted by Crippen LogP contribution is 2.07. The molecule has 110 valence electrons. The average molecular weight is 269 g/mol. The van der Waals surface area contributed by atoms with Crippen LogP contribution in [0.4, 0.5) is 0 Å². The van der Waals surface area contributed by atoms with E-state index in [9.17, 15) is 14.4 Å². The zero-order valence-electron chi connectivity index (χ0n) is 12.9. The number of carbonyl (C=O) groups is 3. The summed E-state index contributed by atoms with van der Waals surface area (Å²) in [5.41, 5.74) is 0. The van der Waals surface area contributed by atoms with Gasteiger partial charge in [-0.25, -0.2) is 0 Å². The van der Waals surface area contributed by atoms with Crippen LogP contribution in [0.25, 0.3) is 0 Å². The molecule has 0 spiro atoms. The van der Waals surface area contributed by atoms with Gasteiger partial charge in [-0.1, -0.05) is 34.1 Å². The summed E-state index contributed by atoms with van der Waals surface area (Å²) < 4.78 is 0. The van der Waals surface area contributed by atoms with Crippen molar-refractivity contribution in [2.45, 2.75) is 60.3 Å². The van der Waals surface area contributed by atoms with Gasteiger partial charge in [-0.2, -0.15) is 0 Å². The molecule has 0 aromatic heterocycles. The summed E-state index contributed by atoms with van der Waals surface area (Å²) in [6, 6.07) is 0. The van der Waals surface area contributed by atoms with Crippen LogP contribution in [0.2, 0.25) is 0 Å². The zero-order chi connectivity index (χ0) is 15.3. The molecular weight excluding hydrogens is 242 g/mol. The van der Waals surface area contributed by atoms with E-state index in [0.29, 0.717) is 13.0 Å². The molecule has 1 heterocycles. The maximum absolute atomic E-state index is 11.1. The van der Waals surface area contributed by atoms with Crippen LogP contribution in [0.1, 0.15) is 60.3 Å². The fraction of sp³-hybridized carbons (Fsp3) is 0.667. The Balaban J connectivity index is 0. The highest BCUT2D eigenvalue weighted by molar-refractivity contribution is 6.12. The number of amides is 2. The lowest BCUT2D eigenvalue weighted by Crippen LogP contribution is -2.30. The van der Waals surface area contributed by atoms with E-state index in [-0.39, 0.29) is 17.6 Å². The molecule has 0 N–H and O–H groups in total. The lowest BCUT2D eigenvalue weighted by atomic mass is 10.1. The molecule has 0 radical (unpaired) electrons. The Morgan fingerprint density at radius 1 is 0.947 bits per heavy atom. The van der Waals surface area contributed by atoms with Crippen molar-refractivity contribution in [2.75, 3.05) is 6.54 Å². The fourth-order valence-corrected chi connectivity index (χ4v) is 1.47. The molecule has 0 atom stereocenters. The molecule has 0 saturated heterocycles. The van der Waals surface area contributed by atoms with Crippen molar-refractivity contribution >= 4 is 17.6 Å². The standard InChI is InChI=1S/C11H15NO3.2C2H6/c1-9(13)5-3-2-4-8-12-10(14)6-7-11(12)15;2*1-2/h6-7H,2-5,8H2,1H3;2*1-2H3. The van der Waals surface area contributed by atoms with E-state index in [4.69, 9.17) is 0 Å². The van der Waals surface area contributed by atoms with Crippen LogP contribution in [0.5, 0.6) is 0 Å².